The highest BCUT2D eigenvalue weighted by Gasteiger charge is 2.09. The van der Waals surface area contributed by atoms with Crippen LogP contribution in [0.5, 0.6) is 5.75 Å². The Labute approximate surface area is 88.0 Å². The molecule has 0 saturated carbocycles. The third-order valence-electron chi connectivity index (χ3n) is 2.26. The predicted molar refractivity (Wildman–Crippen MR) is 60.8 cm³/mol. The zero-order valence-electron chi connectivity index (χ0n) is 9.06. The zero-order valence-corrected chi connectivity index (χ0v) is 9.06. The number of anilines is 1. The third-order valence-corrected chi connectivity index (χ3v) is 2.26. The average molecular weight is 206 g/mol. The Kier molecular flexibility index (Phi) is 2.15. The molecule has 0 amide bonds. The Morgan fingerprint density at radius 1 is 1.40 bits per heavy atom. The van der Waals surface area contributed by atoms with E-state index in [1.165, 1.54) is 0 Å². The lowest BCUT2D eigenvalue weighted by atomic mass is 10.3. The van der Waals surface area contributed by atoms with Crippen molar-refractivity contribution in [2.45, 2.75) is 0 Å². The Morgan fingerprint density at radius 3 is 2.73 bits per heavy atom. The van der Waals surface area contributed by atoms with E-state index in [0.29, 0.717) is 5.95 Å². The molecule has 0 fully saturated rings. The largest absolute Gasteiger partial charge is 0.497 e. The molecule has 2 aromatic rings. The van der Waals surface area contributed by atoms with Crippen molar-refractivity contribution in [3.05, 3.63) is 18.2 Å². The fourth-order valence-corrected chi connectivity index (χ4v) is 1.61. The Bertz CT molecular complexity index is 489. The van der Waals surface area contributed by atoms with Crippen LogP contribution in [0, 0.1) is 0 Å². The number of fused-ring (bicyclic) bond motifs is 1. The number of nitrogens with two attached hydrogens (primary N) is 1. The van der Waals surface area contributed by atoms with Gasteiger partial charge >= 0.3 is 0 Å². The second kappa shape index (κ2) is 3.34. The number of hydrogen-bond donors (Lipinski definition) is 1. The van der Waals surface area contributed by atoms with Gasteiger partial charge in [0.1, 0.15) is 5.75 Å². The molecule has 0 bridgehead atoms. The number of methoxy groups -OCH3 is 1. The van der Waals surface area contributed by atoms with E-state index in [2.05, 4.69) is 4.98 Å². The highest BCUT2D eigenvalue weighted by Crippen LogP contribution is 2.22. The van der Waals surface area contributed by atoms with E-state index in [1.807, 2.05) is 42.0 Å². The Morgan fingerprint density at radius 2 is 2.13 bits per heavy atom. The fourth-order valence-electron chi connectivity index (χ4n) is 1.61. The van der Waals surface area contributed by atoms with Gasteiger partial charge in [0.25, 0.3) is 0 Å². The summed E-state index contributed by atoms with van der Waals surface area (Å²) in [5.41, 5.74) is 7.62. The molecule has 80 valence electrons. The zero-order chi connectivity index (χ0) is 11.0. The van der Waals surface area contributed by atoms with Crippen molar-refractivity contribution >= 4 is 17.0 Å². The van der Waals surface area contributed by atoms with Crippen molar-refractivity contribution in [3.63, 3.8) is 0 Å². The molecule has 0 unspecified atom stereocenters. The molecule has 1 aromatic heterocycles. The summed E-state index contributed by atoms with van der Waals surface area (Å²) >= 11 is 0. The molecule has 0 saturated heterocycles. The maximum atomic E-state index is 5.82. The van der Waals surface area contributed by atoms with Crippen molar-refractivity contribution in [1.29, 1.82) is 0 Å². The first-order chi connectivity index (χ1) is 7.13. The first-order valence-corrected chi connectivity index (χ1v) is 4.63. The molecule has 1 aromatic carbocycles. The second-order valence-electron chi connectivity index (χ2n) is 3.48. The van der Waals surface area contributed by atoms with Gasteiger partial charge in [0, 0.05) is 20.2 Å². The fraction of sp³-hybridized carbons (Fsp3) is 0.300. The maximum Gasteiger partial charge on any atom is 0.220 e. The topological polar surface area (TPSA) is 56.3 Å². The van der Waals surface area contributed by atoms with Crippen LogP contribution in [0.1, 0.15) is 0 Å². The number of rotatable bonds is 2. The van der Waals surface area contributed by atoms with Crippen LogP contribution in [0.3, 0.4) is 0 Å². The van der Waals surface area contributed by atoms with Crippen LogP contribution in [0.4, 0.5) is 5.95 Å². The molecular weight excluding hydrogens is 192 g/mol. The molecule has 2 rings (SSSR count). The van der Waals surface area contributed by atoms with Crippen LogP contribution < -0.4 is 15.5 Å². The van der Waals surface area contributed by atoms with Gasteiger partial charge in [-0.3, -0.25) is 0 Å². The van der Waals surface area contributed by atoms with Gasteiger partial charge in [0.15, 0.2) is 0 Å². The van der Waals surface area contributed by atoms with E-state index in [0.717, 1.165) is 16.8 Å². The third kappa shape index (κ3) is 1.45. The second-order valence-corrected chi connectivity index (χ2v) is 3.48. The summed E-state index contributed by atoms with van der Waals surface area (Å²) in [4.78, 5) is 4.25. The van der Waals surface area contributed by atoms with E-state index >= 15 is 0 Å². The number of nitrogen functional groups attached to an aromatic ring is 1. The highest BCUT2D eigenvalue weighted by atomic mass is 16.5. The Balaban J connectivity index is 2.72. The number of hydrogen-bond acceptors (Lipinski definition) is 4. The van der Waals surface area contributed by atoms with Crippen LogP contribution in [0.2, 0.25) is 0 Å². The lowest BCUT2D eigenvalue weighted by molar-refractivity contribution is 0.415. The van der Waals surface area contributed by atoms with E-state index in [1.54, 1.807) is 7.11 Å². The highest BCUT2D eigenvalue weighted by molar-refractivity contribution is 5.80. The molecular formula is C10H14N4O. The van der Waals surface area contributed by atoms with Gasteiger partial charge in [-0.15, -0.1) is 0 Å². The molecule has 0 atom stereocenters. The number of benzene rings is 1. The number of ether oxygens (including phenoxy) is 1. The van der Waals surface area contributed by atoms with Crippen molar-refractivity contribution in [2.24, 2.45) is 0 Å². The van der Waals surface area contributed by atoms with E-state index in [9.17, 15) is 0 Å². The minimum atomic E-state index is 0.475. The first kappa shape index (κ1) is 9.64. The smallest absolute Gasteiger partial charge is 0.220 e. The summed E-state index contributed by atoms with van der Waals surface area (Å²) in [5.74, 6) is 1.27. The average Bonchev–Trinajstić information content (AvgIpc) is 2.52. The van der Waals surface area contributed by atoms with Crippen LogP contribution in [0.25, 0.3) is 11.0 Å². The summed E-state index contributed by atoms with van der Waals surface area (Å²) in [6.07, 6.45) is 0. The summed E-state index contributed by atoms with van der Waals surface area (Å²) in [5, 5.41) is 1.88. The van der Waals surface area contributed by atoms with Gasteiger partial charge in [0.2, 0.25) is 5.95 Å². The summed E-state index contributed by atoms with van der Waals surface area (Å²) < 4.78 is 7.00. The van der Waals surface area contributed by atoms with Crippen molar-refractivity contribution in [2.75, 3.05) is 31.9 Å². The van der Waals surface area contributed by atoms with Gasteiger partial charge in [-0.25, -0.2) is 9.66 Å². The first-order valence-electron chi connectivity index (χ1n) is 4.63. The number of aromatic nitrogens is 2. The van der Waals surface area contributed by atoms with Crippen molar-refractivity contribution in [1.82, 2.24) is 9.66 Å². The quantitative estimate of drug-likeness (QED) is 0.790. The number of nitrogens with zero attached hydrogens (tertiary/aromatic N) is 3. The van der Waals surface area contributed by atoms with Crippen LogP contribution in [-0.2, 0) is 0 Å². The van der Waals surface area contributed by atoms with Crippen LogP contribution in [0.15, 0.2) is 18.2 Å². The minimum Gasteiger partial charge on any atom is -0.497 e. The summed E-state index contributed by atoms with van der Waals surface area (Å²) in [6.45, 7) is 0. The molecule has 0 aliphatic heterocycles. The predicted octanol–water partition coefficient (Wildman–Crippen LogP) is 0.825. The molecule has 5 heteroatoms. The lowest BCUT2D eigenvalue weighted by Gasteiger charge is -2.16. The SMILES string of the molecule is COc1ccc2nc(N)n(N(C)C)c2c1. The molecule has 0 aliphatic carbocycles. The maximum absolute atomic E-state index is 5.82. The van der Waals surface area contributed by atoms with E-state index < -0.39 is 0 Å². The molecule has 2 N–H and O–H groups in total. The van der Waals surface area contributed by atoms with Gasteiger partial charge < -0.3 is 15.5 Å². The van der Waals surface area contributed by atoms with Gasteiger partial charge in [-0.1, -0.05) is 0 Å². The standard InChI is InChI=1S/C10H14N4O/c1-13(2)14-9-6-7(15-3)4-5-8(9)12-10(14)11/h4-6H,1-3H3,(H2,11,12). The Hall–Kier alpha value is -1.91. The molecule has 0 spiro atoms. The normalized spacial score (nSPS) is 10.6. The van der Waals surface area contributed by atoms with Crippen LogP contribution >= 0.6 is 0 Å². The molecule has 1 heterocycles. The summed E-state index contributed by atoms with van der Waals surface area (Å²) in [7, 11) is 5.47. The van der Waals surface area contributed by atoms with Crippen LogP contribution in [-0.4, -0.2) is 30.9 Å². The molecule has 0 aliphatic rings. The van der Waals surface area contributed by atoms with E-state index in [4.69, 9.17) is 10.5 Å². The molecule has 15 heavy (non-hydrogen) atoms. The van der Waals surface area contributed by atoms with E-state index in [-0.39, 0.29) is 0 Å². The minimum absolute atomic E-state index is 0.475. The van der Waals surface area contributed by atoms with Gasteiger partial charge in [0.05, 0.1) is 18.1 Å². The summed E-state index contributed by atoms with van der Waals surface area (Å²) in [6, 6.07) is 5.68. The number of imidazole rings is 1. The molecule has 0 radical (unpaired) electrons. The van der Waals surface area contributed by atoms with Gasteiger partial charge in [-0.2, -0.15) is 0 Å². The van der Waals surface area contributed by atoms with Gasteiger partial charge in [-0.05, 0) is 12.1 Å². The van der Waals surface area contributed by atoms with Crippen molar-refractivity contribution in [3.8, 4) is 5.75 Å². The van der Waals surface area contributed by atoms with Crippen molar-refractivity contribution < 1.29 is 4.74 Å². The lowest BCUT2D eigenvalue weighted by Crippen LogP contribution is -2.26. The monoisotopic (exact) mass is 206 g/mol. The molecule has 5 nitrogen and oxygen atoms in total.